The van der Waals surface area contributed by atoms with Crippen LogP contribution in [-0.2, 0) is 11.0 Å². The molecule has 27 heavy (non-hydrogen) atoms. The van der Waals surface area contributed by atoms with E-state index >= 15 is 0 Å². The fourth-order valence-electron chi connectivity index (χ4n) is 2.25. The van der Waals surface area contributed by atoms with Crippen molar-refractivity contribution >= 4 is 34.1 Å². The molecule has 0 saturated carbocycles. The highest BCUT2D eigenvalue weighted by Gasteiger charge is 2.30. The minimum absolute atomic E-state index is 0.000750. The van der Waals surface area contributed by atoms with Crippen LogP contribution in [0.3, 0.4) is 0 Å². The molecule has 140 valence electrons. The lowest BCUT2D eigenvalue weighted by molar-refractivity contribution is -0.137. The van der Waals surface area contributed by atoms with Crippen molar-refractivity contribution in [1.29, 1.82) is 0 Å². The number of anilines is 1. The van der Waals surface area contributed by atoms with Gasteiger partial charge in [-0.15, -0.1) is 23.1 Å². The van der Waals surface area contributed by atoms with Gasteiger partial charge in [0.15, 0.2) is 5.13 Å². The van der Waals surface area contributed by atoms with Gasteiger partial charge < -0.3 is 5.32 Å². The van der Waals surface area contributed by atoms with Gasteiger partial charge in [0, 0.05) is 15.8 Å². The van der Waals surface area contributed by atoms with E-state index in [1.54, 1.807) is 6.07 Å². The molecule has 0 fully saturated rings. The third-order valence-corrected chi connectivity index (χ3v) is 5.38. The molecule has 0 unspecified atom stereocenters. The summed E-state index contributed by atoms with van der Waals surface area (Å²) in [7, 11) is 0. The molecule has 1 N–H and O–H groups in total. The number of aromatic nitrogens is 1. The topological polar surface area (TPSA) is 42.0 Å². The molecule has 0 bridgehead atoms. The molecule has 0 aliphatic rings. The lowest BCUT2D eigenvalue weighted by Crippen LogP contribution is -2.13. The molecule has 8 heteroatoms. The summed E-state index contributed by atoms with van der Waals surface area (Å²) in [6.45, 7) is 2.00. The first-order valence-corrected chi connectivity index (χ1v) is 9.80. The SMILES string of the molecule is Cc1ccc(-c2csc(NC(=O)CSc3cccc(C(F)(F)F)c3)n2)cc1. The number of carbonyl (C=O) groups is 1. The van der Waals surface area contributed by atoms with Gasteiger partial charge in [0.25, 0.3) is 0 Å². The van der Waals surface area contributed by atoms with E-state index < -0.39 is 11.7 Å². The molecule has 1 amide bonds. The van der Waals surface area contributed by atoms with Crippen molar-refractivity contribution in [2.75, 3.05) is 11.1 Å². The largest absolute Gasteiger partial charge is 0.416 e. The Bertz CT molecular complexity index is 937. The van der Waals surface area contributed by atoms with E-state index in [0.29, 0.717) is 10.0 Å². The van der Waals surface area contributed by atoms with Crippen molar-refractivity contribution in [3.63, 3.8) is 0 Å². The summed E-state index contributed by atoms with van der Waals surface area (Å²) in [6, 6.07) is 12.8. The van der Waals surface area contributed by atoms with Crippen LogP contribution >= 0.6 is 23.1 Å². The van der Waals surface area contributed by atoms with Gasteiger partial charge in [0.1, 0.15) is 0 Å². The molecule has 0 spiro atoms. The van der Waals surface area contributed by atoms with Crippen LogP contribution < -0.4 is 5.32 Å². The van der Waals surface area contributed by atoms with Gasteiger partial charge in [0.2, 0.25) is 5.91 Å². The van der Waals surface area contributed by atoms with Crippen LogP contribution in [0.15, 0.2) is 58.8 Å². The Morgan fingerprint density at radius 1 is 1.19 bits per heavy atom. The van der Waals surface area contributed by atoms with E-state index in [2.05, 4.69) is 10.3 Å². The van der Waals surface area contributed by atoms with Gasteiger partial charge in [-0.1, -0.05) is 35.9 Å². The summed E-state index contributed by atoms with van der Waals surface area (Å²) in [4.78, 5) is 16.8. The molecule has 0 saturated heterocycles. The van der Waals surface area contributed by atoms with Crippen LogP contribution in [0.5, 0.6) is 0 Å². The molecular weight excluding hydrogens is 393 g/mol. The van der Waals surface area contributed by atoms with E-state index in [-0.39, 0.29) is 11.7 Å². The molecule has 2 aromatic carbocycles. The number of carbonyl (C=O) groups excluding carboxylic acids is 1. The number of aryl methyl sites for hydroxylation is 1. The number of hydrogen-bond acceptors (Lipinski definition) is 4. The average molecular weight is 408 g/mol. The fourth-order valence-corrected chi connectivity index (χ4v) is 3.75. The van der Waals surface area contributed by atoms with Crippen molar-refractivity contribution in [2.24, 2.45) is 0 Å². The monoisotopic (exact) mass is 408 g/mol. The summed E-state index contributed by atoms with van der Waals surface area (Å²) >= 11 is 2.35. The maximum absolute atomic E-state index is 12.7. The number of rotatable bonds is 5. The number of thioether (sulfide) groups is 1. The van der Waals surface area contributed by atoms with Gasteiger partial charge in [-0.2, -0.15) is 13.2 Å². The molecule has 0 aliphatic carbocycles. The summed E-state index contributed by atoms with van der Waals surface area (Å²) in [5.41, 5.74) is 2.14. The van der Waals surface area contributed by atoms with Gasteiger partial charge in [-0.25, -0.2) is 4.98 Å². The van der Waals surface area contributed by atoms with Gasteiger partial charge in [0.05, 0.1) is 17.0 Å². The quantitative estimate of drug-likeness (QED) is 0.537. The Morgan fingerprint density at radius 2 is 1.93 bits per heavy atom. The number of nitrogens with zero attached hydrogens (tertiary/aromatic N) is 1. The summed E-state index contributed by atoms with van der Waals surface area (Å²) in [5, 5.41) is 4.99. The first-order valence-electron chi connectivity index (χ1n) is 7.94. The Hall–Kier alpha value is -2.32. The number of amides is 1. The standard InChI is InChI=1S/C19H15F3N2OS2/c1-12-5-7-13(8-6-12)16-10-27-18(23-16)24-17(25)11-26-15-4-2-3-14(9-15)19(20,21)22/h2-10H,11H2,1H3,(H,23,24,25). The number of hydrogen-bond donors (Lipinski definition) is 1. The van der Waals surface area contributed by atoms with E-state index in [9.17, 15) is 18.0 Å². The van der Waals surface area contributed by atoms with Crippen molar-refractivity contribution in [3.05, 3.63) is 65.0 Å². The molecule has 0 aliphatic heterocycles. The second-order valence-corrected chi connectivity index (χ2v) is 7.67. The minimum Gasteiger partial charge on any atom is -0.301 e. The summed E-state index contributed by atoms with van der Waals surface area (Å²) in [6.07, 6.45) is -4.40. The van der Waals surface area contributed by atoms with Gasteiger partial charge >= 0.3 is 6.18 Å². The maximum atomic E-state index is 12.7. The minimum atomic E-state index is -4.40. The highest BCUT2D eigenvalue weighted by molar-refractivity contribution is 8.00. The zero-order valence-corrected chi connectivity index (χ0v) is 15.8. The van der Waals surface area contributed by atoms with Gasteiger partial charge in [-0.05, 0) is 25.1 Å². The fraction of sp³-hybridized carbons (Fsp3) is 0.158. The van der Waals surface area contributed by atoms with Crippen LogP contribution in [0, 0.1) is 6.92 Å². The molecular formula is C19H15F3N2OS2. The zero-order chi connectivity index (χ0) is 19.4. The van der Waals surface area contributed by atoms with Gasteiger partial charge in [-0.3, -0.25) is 4.79 Å². The number of benzene rings is 2. The van der Waals surface area contributed by atoms with E-state index in [0.717, 1.165) is 40.7 Å². The Kier molecular flexibility index (Phi) is 5.86. The molecule has 3 nitrogen and oxygen atoms in total. The average Bonchev–Trinajstić information content (AvgIpc) is 3.08. The maximum Gasteiger partial charge on any atom is 0.416 e. The number of halogens is 3. The van der Waals surface area contributed by atoms with Crippen LogP contribution in [0.25, 0.3) is 11.3 Å². The van der Waals surface area contributed by atoms with Crippen molar-refractivity contribution < 1.29 is 18.0 Å². The second kappa shape index (κ2) is 8.14. The molecule has 1 heterocycles. The van der Waals surface area contributed by atoms with Crippen LogP contribution in [0.2, 0.25) is 0 Å². The third kappa shape index (κ3) is 5.33. The Balaban J connectivity index is 1.58. The number of alkyl halides is 3. The van der Waals surface area contributed by atoms with E-state index in [1.807, 2.05) is 36.6 Å². The van der Waals surface area contributed by atoms with Crippen molar-refractivity contribution in [2.45, 2.75) is 18.0 Å². The highest BCUT2D eigenvalue weighted by atomic mass is 32.2. The lowest BCUT2D eigenvalue weighted by Gasteiger charge is -2.08. The van der Waals surface area contributed by atoms with Crippen LogP contribution in [-0.4, -0.2) is 16.6 Å². The molecule has 0 atom stereocenters. The first-order chi connectivity index (χ1) is 12.8. The highest BCUT2D eigenvalue weighted by Crippen LogP contribution is 2.32. The third-order valence-electron chi connectivity index (χ3n) is 3.63. The Morgan fingerprint density at radius 3 is 2.63 bits per heavy atom. The molecule has 3 rings (SSSR count). The smallest absolute Gasteiger partial charge is 0.301 e. The molecule has 0 radical (unpaired) electrons. The second-order valence-electron chi connectivity index (χ2n) is 5.77. The number of thiazole rings is 1. The van der Waals surface area contributed by atoms with E-state index in [1.165, 1.54) is 17.4 Å². The lowest BCUT2D eigenvalue weighted by atomic mass is 10.1. The van der Waals surface area contributed by atoms with Crippen molar-refractivity contribution in [3.8, 4) is 11.3 Å². The van der Waals surface area contributed by atoms with E-state index in [4.69, 9.17) is 0 Å². The van der Waals surface area contributed by atoms with Crippen LogP contribution in [0.1, 0.15) is 11.1 Å². The molecule has 1 aromatic heterocycles. The van der Waals surface area contributed by atoms with Crippen LogP contribution in [0.4, 0.5) is 18.3 Å². The predicted octanol–water partition coefficient (Wildman–Crippen LogP) is 5.87. The summed E-state index contributed by atoms with van der Waals surface area (Å²) in [5.74, 6) is -0.317. The van der Waals surface area contributed by atoms with Crippen molar-refractivity contribution in [1.82, 2.24) is 4.98 Å². The first kappa shape index (κ1) is 19.4. The Labute approximate surface area is 162 Å². The summed E-state index contributed by atoms with van der Waals surface area (Å²) < 4.78 is 38.2. The molecule has 3 aromatic rings. The number of nitrogens with one attached hydrogen (secondary N) is 1. The zero-order valence-electron chi connectivity index (χ0n) is 14.2. The normalized spacial score (nSPS) is 11.4. The predicted molar refractivity (Wildman–Crippen MR) is 103 cm³/mol.